The van der Waals surface area contributed by atoms with Crippen LogP contribution in [0.25, 0.3) is 23.3 Å². The standard InChI is InChI=1S/C38H24N2O4/c1-43-23-15-11-21(12-16-23)19-27-35-31(25-7-3-5-9-29(25)39-35)33(37(27)41)34-32-26-8-4-6-10-30(26)40-36(32)28(38(34)42)20-22-13-17-24(44-2)18-14-22/h3-20H,1-2H3/b27-19+,28-20?. The van der Waals surface area contributed by atoms with E-state index in [0.29, 0.717) is 44.9 Å². The van der Waals surface area contributed by atoms with E-state index in [1.807, 2.05) is 109 Å². The maximum Gasteiger partial charge on any atom is 0.196 e. The van der Waals surface area contributed by atoms with E-state index >= 15 is 0 Å². The Hall–Kier alpha value is -5.88. The molecule has 4 aliphatic rings. The van der Waals surface area contributed by atoms with Crippen molar-refractivity contribution in [3.8, 4) is 11.5 Å². The second-order valence-electron chi connectivity index (χ2n) is 10.8. The zero-order chi connectivity index (χ0) is 29.9. The van der Waals surface area contributed by atoms with Crippen LogP contribution in [0.3, 0.4) is 0 Å². The lowest BCUT2D eigenvalue weighted by molar-refractivity contribution is -0.114. The summed E-state index contributed by atoms with van der Waals surface area (Å²) in [7, 11) is 3.23. The monoisotopic (exact) mass is 572 g/mol. The van der Waals surface area contributed by atoms with Gasteiger partial charge in [0.1, 0.15) is 11.5 Å². The lowest BCUT2D eigenvalue weighted by Crippen LogP contribution is -2.11. The first kappa shape index (κ1) is 25.8. The highest BCUT2D eigenvalue weighted by atomic mass is 16.5. The van der Waals surface area contributed by atoms with Crippen LogP contribution in [0.4, 0.5) is 11.4 Å². The van der Waals surface area contributed by atoms with Crippen molar-refractivity contribution in [1.29, 1.82) is 0 Å². The molecule has 0 saturated carbocycles. The van der Waals surface area contributed by atoms with E-state index in [1.54, 1.807) is 14.2 Å². The van der Waals surface area contributed by atoms with E-state index in [4.69, 9.17) is 19.5 Å². The molecule has 0 spiro atoms. The summed E-state index contributed by atoms with van der Waals surface area (Å²) in [5, 5.41) is 0. The molecule has 0 bridgehead atoms. The van der Waals surface area contributed by atoms with E-state index in [0.717, 1.165) is 45.1 Å². The van der Waals surface area contributed by atoms with E-state index < -0.39 is 0 Å². The molecule has 0 aromatic heterocycles. The molecule has 2 aliphatic carbocycles. The number of carbonyl (C=O) groups is 2. The van der Waals surface area contributed by atoms with Crippen molar-refractivity contribution in [1.82, 2.24) is 0 Å². The van der Waals surface area contributed by atoms with E-state index in [-0.39, 0.29) is 11.6 Å². The predicted octanol–water partition coefficient (Wildman–Crippen LogP) is 7.42. The van der Waals surface area contributed by atoms with Crippen molar-refractivity contribution in [2.75, 3.05) is 14.2 Å². The number of Topliss-reactive ketones (excluding diaryl/α,β-unsaturated/α-hetero) is 2. The fraction of sp³-hybridized carbons (Fsp3) is 0.0526. The Morgan fingerprint density at radius 3 is 1.27 bits per heavy atom. The fourth-order valence-electron chi connectivity index (χ4n) is 6.26. The van der Waals surface area contributed by atoms with Crippen LogP contribution in [0, 0.1) is 0 Å². The van der Waals surface area contributed by atoms with E-state index in [9.17, 15) is 9.59 Å². The number of benzene rings is 4. The third-order valence-corrected chi connectivity index (χ3v) is 8.34. The van der Waals surface area contributed by atoms with Gasteiger partial charge in [-0.2, -0.15) is 0 Å². The highest BCUT2D eigenvalue weighted by Gasteiger charge is 2.48. The van der Waals surface area contributed by atoms with Gasteiger partial charge >= 0.3 is 0 Å². The molecule has 210 valence electrons. The van der Waals surface area contributed by atoms with Crippen LogP contribution < -0.4 is 9.47 Å². The molecule has 0 N–H and O–H groups in total. The smallest absolute Gasteiger partial charge is 0.196 e. The number of nitrogens with zero attached hydrogens (tertiary/aromatic N) is 2. The molecule has 0 unspecified atom stereocenters. The van der Waals surface area contributed by atoms with Crippen molar-refractivity contribution < 1.29 is 19.1 Å². The number of methoxy groups -OCH3 is 2. The zero-order valence-corrected chi connectivity index (χ0v) is 23.9. The van der Waals surface area contributed by atoms with Crippen LogP contribution in [0.5, 0.6) is 11.5 Å². The second-order valence-corrected chi connectivity index (χ2v) is 10.8. The average Bonchev–Trinajstić information content (AvgIpc) is 3.76. The zero-order valence-electron chi connectivity index (χ0n) is 23.9. The van der Waals surface area contributed by atoms with Crippen molar-refractivity contribution in [3.05, 3.63) is 142 Å². The Morgan fingerprint density at radius 2 is 0.886 bits per heavy atom. The van der Waals surface area contributed by atoms with Gasteiger partial charge in [0.2, 0.25) is 0 Å². The van der Waals surface area contributed by atoms with Gasteiger partial charge in [-0.1, -0.05) is 60.7 Å². The van der Waals surface area contributed by atoms with Gasteiger partial charge in [-0.05, 0) is 59.7 Å². The molecule has 0 atom stereocenters. The predicted molar refractivity (Wildman–Crippen MR) is 173 cm³/mol. The molecule has 0 saturated heterocycles. The average molecular weight is 573 g/mol. The fourth-order valence-corrected chi connectivity index (χ4v) is 6.26. The number of hydrogen-bond donors (Lipinski definition) is 0. The van der Waals surface area contributed by atoms with Gasteiger partial charge in [-0.25, -0.2) is 9.98 Å². The Labute approximate surface area is 253 Å². The first-order chi connectivity index (χ1) is 21.6. The van der Waals surface area contributed by atoms with Crippen LogP contribution in [0.1, 0.15) is 22.3 Å². The normalized spacial score (nSPS) is 18.0. The van der Waals surface area contributed by atoms with Crippen LogP contribution >= 0.6 is 0 Å². The molecule has 2 heterocycles. The molecular weight excluding hydrogens is 548 g/mol. The summed E-state index contributed by atoms with van der Waals surface area (Å²) in [5.41, 5.74) is 9.07. The third kappa shape index (κ3) is 3.81. The number of fused-ring (bicyclic) bond motifs is 6. The van der Waals surface area contributed by atoms with E-state index in [1.165, 1.54) is 0 Å². The number of allylic oxidation sites excluding steroid dienone is 6. The van der Waals surface area contributed by atoms with Crippen molar-refractivity contribution in [2.45, 2.75) is 0 Å². The summed E-state index contributed by atoms with van der Waals surface area (Å²) in [4.78, 5) is 38.9. The Morgan fingerprint density at radius 1 is 0.500 bits per heavy atom. The topological polar surface area (TPSA) is 77.3 Å². The molecule has 0 radical (unpaired) electrons. The second kappa shape index (κ2) is 9.85. The molecular formula is C38H24N2O4. The highest BCUT2D eigenvalue weighted by molar-refractivity contribution is 6.63. The SMILES string of the molecule is COc1ccc(C=C2C(=O)C(C3=C4C(=Nc5ccccc54)/C(=C\c4ccc(OC)cc4)C3=O)=C3C2=Nc2ccccc23)cc1. The molecule has 44 heavy (non-hydrogen) atoms. The molecule has 0 fully saturated rings. The summed E-state index contributed by atoms with van der Waals surface area (Å²) in [6.07, 6.45) is 3.69. The molecule has 2 aliphatic heterocycles. The van der Waals surface area contributed by atoms with Crippen LogP contribution in [0.15, 0.2) is 129 Å². The molecule has 8 rings (SSSR count). The van der Waals surface area contributed by atoms with Crippen LogP contribution in [-0.4, -0.2) is 37.2 Å². The number of ketones is 2. The quantitative estimate of drug-likeness (QED) is 0.233. The summed E-state index contributed by atoms with van der Waals surface area (Å²) in [6.45, 7) is 0. The van der Waals surface area contributed by atoms with Gasteiger partial charge in [0, 0.05) is 44.6 Å². The van der Waals surface area contributed by atoms with Gasteiger partial charge < -0.3 is 9.47 Å². The summed E-state index contributed by atoms with van der Waals surface area (Å²) < 4.78 is 10.6. The summed E-state index contributed by atoms with van der Waals surface area (Å²) >= 11 is 0. The summed E-state index contributed by atoms with van der Waals surface area (Å²) in [6, 6.07) is 30.5. The first-order valence-electron chi connectivity index (χ1n) is 14.2. The molecule has 4 aromatic carbocycles. The Bertz CT molecular complexity index is 1980. The highest BCUT2D eigenvalue weighted by Crippen LogP contribution is 2.52. The lowest BCUT2D eigenvalue weighted by atomic mass is 9.91. The molecule has 6 heteroatoms. The Balaban J connectivity index is 1.35. The van der Waals surface area contributed by atoms with Gasteiger partial charge in [0.25, 0.3) is 0 Å². The minimum Gasteiger partial charge on any atom is -0.497 e. The largest absolute Gasteiger partial charge is 0.497 e. The van der Waals surface area contributed by atoms with Crippen LogP contribution in [-0.2, 0) is 9.59 Å². The van der Waals surface area contributed by atoms with E-state index in [2.05, 4.69) is 0 Å². The maximum atomic E-state index is 14.5. The van der Waals surface area contributed by atoms with Gasteiger partial charge in [0.05, 0.1) is 37.0 Å². The number of carbonyl (C=O) groups excluding carboxylic acids is 2. The molecule has 6 nitrogen and oxygen atoms in total. The number of aliphatic imine (C=N–C) groups is 2. The third-order valence-electron chi connectivity index (χ3n) is 8.34. The van der Waals surface area contributed by atoms with Crippen molar-refractivity contribution >= 4 is 57.7 Å². The van der Waals surface area contributed by atoms with Crippen molar-refractivity contribution in [2.24, 2.45) is 9.98 Å². The maximum absolute atomic E-state index is 14.5. The Kier molecular flexibility index (Phi) is 5.78. The molecule has 0 amide bonds. The molecule has 4 aromatic rings. The van der Waals surface area contributed by atoms with Gasteiger partial charge in [-0.3, -0.25) is 9.59 Å². The van der Waals surface area contributed by atoms with Crippen LogP contribution in [0.2, 0.25) is 0 Å². The summed E-state index contributed by atoms with van der Waals surface area (Å²) in [5.74, 6) is 0.992. The minimum absolute atomic E-state index is 0.227. The number of hydrogen-bond acceptors (Lipinski definition) is 6. The first-order valence-corrected chi connectivity index (χ1v) is 14.2. The number of para-hydroxylation sites is 2. The number of ether oxygens (including phenoxy) is 2. The lowest BCUT2D eigenvalue weighted by Gasteiger charge is -2.09. The van der Waals surface area contributed by atoms with Crippen molar-refractivity contribution in [3.63, 3.8) is 0 Å². The van der Waals surface area contributed by atoms with Gasteiger partial charge in [-0.15, -0.1) is 0 Å². The minimum atomic E-state index is -0.227. The number of rotatable bonds is 5. The van der Waals surface area contributed by atoms with Gasteiger partial charge in [0.15, 0.2) is 11.6 Å².